The molecule has 0 aliphatic rings. The number of amides is 1. The van der Waals surface area contributed by atoms with Crippen molar-refractivity contribution in [3.63, 3.8) is 0 Å². The summed E-state index contributed by atoms with van der Waals surface area (Å²) in [6.07, 6.45) is 2.35. The molecule has 1 heterocycles. The maximum absolute atomic E-state index is 10.6. The van der Waals surface area contributed by atoms with Gasteiger partial charge in [0.1, 0.15) is 0 Å². The van der Waals surface area contributed by atoms with E-state index in [2.05, 4.69) is 5.32 Å². The first-order valence-corrected chi connectivity index (χ1v) is 4.31. The molecule has 0 aliphatic carbocycles. The molecule has 4 nitrogen and oxygen atoms in total. The van der Waals surface area contributed by atoms with Crippen LogP contribution in [-0.4, -0.2) is 17.5 Å². The van der Waals surface area contributed by atoms with Gasteiger partial charge in [-0.1, -0.05) is 0 Å². The predicted octanol–water partition coefficient (Wildman–Crippen LogP) is 0.0829. The van der Waals surface area contributed by atoms with E-state index < -0.39 is 0 Å². The van der Waals surface area contributed by atoms with Crippen molar-refractivity contribution >= 4 is 5.91 Å². The summed E-state index contributed by atoms with van der Waals surface area (Å²) in [6.45, 7) is 1.48. The number of nitrogens with zero attached hydrogens (tertiary/aromatic N) is 1. The highest BCUT2D eigenvalue weighted by atomic mass is 16.1. The third kappa shape index (κ3) is 2.91. The van der Waals surface area contributed by atoms with Gasteiger partial charge in [-0.25, -0.2) is 0 Å². The van der Waals surface area contributed by atoms with Crippen LogP contribution in [0.25, 0.3) is 0 Å². The highest BCUT2D eigenvalue weighted by molar-refractivity contribution is 5.73. The van der Waals surface area contributed by atoms with E-state index in [0.717, 1.165) is 6.54 Å². The lowest BCUT2D eigenvalue weighted by molar-refractivity contribution is -0.118. The van der Waals surface area contributed by atoms with E-state index in [0.29, 0.717) is 13.0 Å². The number of rotatable bonds is 5. The molecule has 0 bridgehead atoms. The Morgan fingerprint density at radius 2 is 2.46 bits per heavy atom. The molecule has 0 atom stereocenters. The summed E-state index contributed by atoms with van der Waals surface area (Å²) in [5.41, 5.74) is 6.24. The number of nitrogens with one attached hydrogen (secondary N) is 1. The average molecular weight is 181 g/mol. The summed E-state index contributed by atoms with van der Waals surface area (Å²) in [7, 11) is 1.89. The molecule has 0 fully saturated rings. The third-order valence-corrected chi connectivity index (χ3v) is 1.88. The van der Waals surface area contributed by atoms with Gasteiger partial charge >= 0.3 is 0 Å². The van der Waals surface area contributed by atoms with E-state index in [4.69, 9.17) is 5.73 Å². The minimum Gasteiger partial charge on any atom is -0.370 e. The van der Waals surface area contributed by atoms with Crippen molar-refractivity contribution in [2.24, 2.45) is 5.73 Å². The molecule has 3 N–H and O–H groups in total. The Morgan fingerprint density at radius 1 is 1.69 bits per heavy atom. The maximum Gasteiger partial charge on any atom is 0.219 e. The molecule has 0 aromatic carbocycles. The van der Waals surface area contributed by atoms with Crippen LogP contribution < -0.4 is 11.1 Å². The number of primary amides is 1. The normalized spacial score (nSPS) is 10.2. The SMILES string of the molecule is CNCc1cccn1CCC(N)=O. The van der Waals surface area contributed by atoms with E-state index in [-0.39, 0.29) is 5.91 Å². The Hall–Kier alpha value is -1.29. The Bertz CT molecular complexity index is 280. The number of nitrogens with two attached hydrogens (primary N) is 1. The Morgan fingerprint density at radius 3 is 3.08 bits per heavy atom. The first kappa shape index (κ1) is 9.80. The zero-order valence-electron chi connectivity index (χ0n) is 7.79. The van der Waals surface area contributed by atoms with E-state index in [9.17, 15) is 4.79 Å². The Kier molecular flexibility index (Phi) is 3.52. The average Bonchev–Trinajstić information content (AvgIpc) is 2.49. The number of carbonyl (C=O) groups is 1. The van der Waals surface area contributed by atoms with Crippen LogP contribution in [0.3, 0.4) is 0 Å². The number of carbonyl (C=O) groups excluding carboxylic acids is 1. The van der Waals surface area contributed by atoms with Gasteiger partial charge in [0.05, 0.1) is 0 Å². The van der Waals surface area contributed by atoms with Gasteiger partial charge in [0, 0.05) is 31.4 Å². The highest BCUT2D eigenvalue weighted by Gasteiger charge is 2.00. The van der Waals surface area contributed by atoms with Gasteiger partial charge in [0.15, 0.2) is 0 Å². The minimum atomic E-state index is -0.260. The molecule has 1 aromatic rings. The van der Waals surface area contributed by atoms with Crippen LogP contribution in [0.2, 0.25) is 0 Å². The molecule has 0 saturated heterocycles. The van der Waals surface area contributed by atoms with Crippen LogP contribution in [0.15, 0.2) is 18.3 Å². The van der Waals surface area contributed by atoms with Crippen molar-refractivity contribution < 1.29 is 4.79 Å². The van der Waals surface area contributed by atoms with E-state index in [1.165, 1.54) is 5.69 Å². The molecule has 0 spiro atoms. The van der Waals surface area contributed by atoms with Crippen LogP contribution >= 0.6 is 0 Å². The lowest BCUT2D eigenvalue weighted by atomic mass is 10.4. The van der Waals surface area contributed by atoms with Gasteiger partial charge in [-0.2, -0.15) is 0 Å². The monoisotopic (exact) mass is 181 g/mol. The van der Waals surface area contributed by atoms with E-state index in [1.54, 1.807) is 0 Å². The smallest absolute Gasteiger partial charge is 0.219 e. The van der Waals surface area contributed by atoms with Crippen molar-refractivity contribution in [2.75, 3.05) is 7.05 Å². The topological polar surface area (TPSA) is 60.1 Å². The Labute approximate surface area is 77.7 Å². The van der Waals surface area contributed by atoms with Crippen molar-refractivity contribution in [1.29, 1.82) is 0 Å². The molecule has 72 valence electrons. The number of aromatic nitrogens is 1. The summed E-state index contributed by atoms with van der Waals surface area (Å²) < 4.78 is 2.03. The summed E-state index contributed by atoms with van der Waals surface area (Å²) >= 11 is 0. The lowest BCUT2D eigenvalue weighted by Crippen LogP contribution is -2.16. The summed E-state index contributed by atoms with van der Waals surface area (Å²) in [6, 6.07) is 3.99. The van der Waals surface area contributed by atoms with Gasteiger partial charge < -0.3 is 15.6 Å². The first-order valence-electron chi connectivity index (χ1n) is 4.31. The zero-order valence-corrected chi connectivity index (χ0v) is 7.79. The zero-order chi connectivity index (χ0) is 9.68. The molecule has 13 heavy (non-hydrogen) atoms. The molecular weight excluding hydrogens is 166 g/mol. The number of hydrogen-bond donors (Lipinski definition) is 2. The highest BCUT2D eigenvalue weighted by Crippen LogP contribution is 2.02. The van der Waals surface area contributed by atoms with Crippen molar-refractivity contribution in [2.45, 2.75) is 19.5 Å². The maximum atomic E-state index is 10.6. The predicted molar refractivity (Wildman–Crippen MR) is 51.0 cm³/mol. The summed E-state index contributed by atoms with van der Waals surface area (Å²) in [4.78, 5) is 10.6. The van der Waals surface area contributed by atoms with E-state index in [1.807, 2.05) is 29.9 Å². The minimum absolute atomic E-state index is 0.260. The molecule has 0 aliphatic heterocycles. The fourth-order valence-corrected chi connectivity index (χ4v) is 1.24. The summed E-state index contributed by atoms with van der Waals surface area (Å²) in [5.74, 6) is -0.260. The second-order valence-electron chi connectivity index (χ2n) is 2.94. The van der Waals surface area contributed by atoms with Crippen LogP contribution in [0.5, 0.6) is 0 Å². The van der Waals surface area contributed by atoms with Crippen LogP contribution in [0.4, 0.5) is 0 Å². The van der Waals surface area contributed by atoms with Gasteiger partial charge in [-0.3, -0.25) is 4.79 Å². The van der Waals surface area contributed by atoms with Crippen LogP contribution in [0.1, 0.15) is 12.1 Å². The molecule has 0 unspecified atom stereocenters. The number of hydrogen-bond acceptors (Lipinski definition) is 2. The Balaban J connectivity index is 2.54. The second kappa shape index (κ2) is 4.67. The van der Waals surface area contributed by atoms with Gasteiger partial charge in [0.2, 0.25) is 5.91 Å². The summed E-state index contributed by atoms with van der Waals surface area (Å²) in [5, 5.41) is 3.06. The standard InChI is InChI=1S/C9H15N3O/c1-11-7-8-3-2-5-12(8)6-4-9(10)13/h2-3,5,11H,4,6-7H2,1H3,(H2,10,13). The van der Waals surface area contributed by atoms with E-state index >= 15 is 0 Å². The molecule has 0 radical (unpaired) electrons. The van der Waals surface area contributed by atoms with Crippen LogP contribution in [0, 0.1) is 0 Å². The third-order valence-electron chi connectivity index (χ3n) is 1.88. The number of aryl methyl sites for hydroxylation is 1. The lowest BCUT2D eigenvalue weighted by Gasteiger charge is -2.06. The molecule has 0 saturated carbocycles. The molecular formula is C9H15N3O. The van der Waals surface area contributed by atoms with Crippen molar-refractivity contribution in [3.8, 4) is 0 Å². The van der Waals surface area contributed by atoms with Gasteiger partial charge in [-0.15, -0.1) is 0 Å². The fraction of sp³-hybridized carbons (Fsp3) is 0.444. The fourth-order valence-electron chi connectivity index (χ4n) is 1.24. The van der Waals surface area contributed by atoms with Crippen LogP contribution in [-0.2, 0) is 17.9 Å². The largest absolute Gasteiger partial charge is 0.370 e. The molecule has 1 rings (SSSR count). The van der Waals surface area contributed by atoms with Crippen molar-refractivity contribution in [1.82, 2.24) is 9.88 Å². The van der Waals surface area contributed by atoms with Gasteiger partial charge in [0.25, 0.3) is 0 Å². The molecule has 4 heteroatoms. The van der Waals surface area contributed by atoms with Crippen molar-refractivity contribution in [3.05, 3.63) is 24.0 Å². The quantitative estimate of drug-likeness (QED) is 0.676. The first-order chi connectivity index (χ1) is 6.24. The molecule has 1 amide bonds. The second-order valence-corrected chi connectivity index (χ2v) is 2.94. The van der Waals surface area contributed by atoms with Gasteiger partial charge in [-0.05, 0) is 19.2 Å². The molecule has 1 aromatic heterocycles.